The van der Waals surface area contributed by atoms with Crippen LogP contribution in [0, 0.1) is 5.92 Å². The highest BCUT2D eigenvalue weighted by atomic mass is 14.9. The van der Waals surface area contributed by atoms with E-state index in [1.807, 2.05) is 0 Å². The van der Waals surface area contributed by atoms with Crippen molar-refractivity contribution in [1.29, 1.82) is 0 Å². The third kappa shape index (κ3) is 8.13. The second kappa shape index (κ2) is 10.8. The van der Waals surface area contributed by atoms with Gasteiger partial charge in [-0.2, -0.15) is 0 Å². The van der Waals surface area contributed by atoms with Crippen molar-refractivity contribution in [3.63, 3.8) is 0 Å². The first-order valence-corrected chi connectivity index (χ1v) is 8.61. The summed E-state index contributed by atoms with van der Waals surface area (Å²) in [6.45, 7) is 5.69. The summed E-state index contributed by atoms with van der Waals surface area (Å²) < 4.78 is 0. The van der Waals surface area contributed by atoms with Gasteiger partial charge < -0.3 is 5.32 Å². The zero-order valence-corrected chi connectivity index (χ0v) is 12.8. The van der Waals surface area contributed by atoms with Crippen LogP contribution in [-0.4, -0.2) is 12.6 Å². The molecule has 1 unspecified atom stereocenters. The Morgan fingerprint density at radius 3 is 1.89 bits per heavy atom. The van der Waals surface area contributed by atoms with Crippen LogP contribution in [0.25, 0.3) is 0 Å². The maximum Gasteiger partial charge on any atom is 0.00952 e. The second-order valence-electron chi connectivity index (χ2n) is 6.12. The molecule has 1 saturated carbocycles. The van der Waals surface area contributed by atoms with E-state index in [0.717, 1.165) is 18.5 Å². The van der Waals surface area contributed by atoms with E-state index in [4.69, 9.17) is 0 Å². The monoisotopic (exact) mass is 253 g/mol. The van der Waals surface area contributed by atoms with Crippen molar-refractivity contribution < 1.29 is 0 Å². The van der Waals surface area contributed by atoms with Gasteiger partial charge in [-0.25, -0.2) is 0 Å². The van der Waals surface area contributed by atoms with E-state index < -0.39 is 0 Å². The highest BCUT2D eigenvalue weighted by Gasteiger charge is 2.29. The van der Waals surface area contributed by atoms with Crippen molar-refractivity contribution in [3.05, 3.63) is 0 Å². The summed E-state index contributed by atoms with van der Waals surface area (Å²) in [6.07, 6.45) is 17.4. The van der Waals surface area contributed by atoms with E-state index in [9.17, 15) is 0 Å². The number of nitrogens with one attached hydrogen (secondary N) is 1. The molecule has 0 spiro atoms. The summed E-state index contributed by atoms with van der Waals surface area (Å²) in [5.74, 6) is 1.03. The van der Waals surface area contributed by atoms with Crippen LogP contribution in [0.4, 0.5) is 0 Å². The molecule has 0 aromatic carbocycles. The smallest absolute Gasteiger partial charge is 0.00952 e. The van der Waals surface area contributed by atoms with Crippen LogP contribution >= 0.6 is 0 Å². The van der Waals surface area contributed by atoms with Crippen LogP contribution in [0.15, 0.2) is 0 Å². The van der Waals surface area contributed by atoms with Crippen LogP contribution in [-0.2, 0) is 0 Å². The molecule has 0 saturated heterocycles. The Morgan fingerprint density at radius 1 is 0.833 bits per heavy atom. The third-order valence-corrected chi connectivity index (χ3v) is 4.28. The van der Waals surface area contributed by atoms with Crippen LogP contribution < -0.4 is 5.32 Å². The SMILES string of the molecule is CCCCCCCCCCCC(NCC)C1CC1. The Morgan fingerprint density at radius 2 is 1.39 bits per heavy atom. The van der Waals surface area contributed by atoms with Crippen molar-refractivity contribution in [2.75, 3.05) is 6.54 Å². The molecule has 0 amide bonds. The lowest BCUT2D eigenvalue weighted by Crippen LogP contribution is -2.30. The van der Waals surface area contributed by atoms with Crippen LogP contribution in [0.5, 0.6) is 0 Å². The predicted molar refractivity (Wildman–Crippen MR) is 82.0 cm³/mol. The first-order valence-electron chi connectivity index (χ1n) is 8.61. The zero-order chi connectivity index (χ0) is 13.1. The molecule has 0 bridgehead atoms. The minimum Gasteiger partial charge on any atom is -0.314 e. The molecule has 1 atom stereocenters. The second-order valence-corrected chi connectivity index (χ2v) is 6.12. The summed E-state index contributed by atoms with van der Waals surface area (Å²) in [6, 6.07) is 0.847. The van der Waals surface area contributed by atoms with Gasteiger partial charge in [0, 0.05) is 6.04 Å². The largest absolute Gasteiger partial charge is 0.314 e. The van der Waals surface area contributed by atoms with Gasteiger partial charge in [0.05, 0.1) is 0 Å². The van der Waals surface area contributed by atoms with Crippen LogP contribution in [0.3, 0.4) is 0 Å². The van der Waals surface area contributed by atoms with E-state index in [0.29, 0.717) is 0 Å². The summed E-state index contributed by atoms with van der Waals surface area (Å²) in [5.41, 5.74) is 0. The summed E-state index contributed by atoms with van der Waals surface area (Å²) in [5, 5.41) is 3.67. The van der Waals surface area contributed by atoms with Gasteiger partial charge in [0.1, 0.15) is 0 Å². The molecular formula is C17H35N. The number of rotatable bonds is 13. The average Bonchev–Trinajstić information content (AvgIpc) is 3.20. The van der Waals surface area contributed by atoms with Gasteiger partial charge in [-0.05, 0) is 31.7 Å². The van der Waals surface area contributed by atoms with E-state index in [2.05, 4.69) is 19.2 Å². The Labute approximate surface area is 115 Å². The standard InChI is InChI=1S/C17H35N/c1-3-5-6-7-8-9-10-11-12-13-17(18-4-2)16-14-15-16/h16-18H,3-15H2,1-2H3. The van der Waals surface area contributed by atoms with E-state index in [-0.39, 0.29) is 0 Å². The lowest BCUT2D eigenvalue weighted by Gasteiger charge is -2.16. The van der Waals surface area contributed by atoms with Gasteiger partial charge in [0.2, 0.25) is 0 Å². The minimum absolute atomic E-state index is 0.847. The molecule has 1 N–H and O–H groups in total. The van der Waals surface area contributed by atoms with Gasteiger partial charge in [-0.1, -0.05) is 71.6 Å². The van der Waals surface area contributed by atoms with Gasteiger partial charge in [-0.3, -0.25) is 0 Å². The Kier molecular flexibility index (Phi) is 9.65. The third-order valence-electron chi connectivity index (χ3n) is 4.28. The molecular weight excluding hydrogens is 218 g/mol. The lowest BCUT2D eigenvalue weighted by molar-refractivity contribution is 0.422. The molecule has 1 aliphatic carbocycles. The summed E-state index contributed by atoms with van der Waals surface area (Å²) in [4.78, 5) is 0. The van der Waals surface area contributed by atoms with Crippen molar-refractivity contribution in [2.24, 2.45) is 5.92 Å². The van der Waals surface area contributed by atoms with Crippen LogP contribution in [0.2, 0.25) is 0 Å². The van der Waals surface area contributed by atoms with Gasteiger partial charge in [0.25, 0.3) is 0 Å². The van der Waals surface area contributed by atoms with Crippen LogP contribution in [0.1, 0.15) is 90.9 Å². The number of hydrogen-bond donors (Lipinski definition) is 1. The molecule has 1 aliphatic rings. The molecule has 0 heterocycles. The Balaban J connectivity index is 1.82. The first-order chi connectivity index (χ1) is 8.88. The molecule has 0 aromatic rings. The molecule has 0 aliphatic heterocycles. The fourth-order valence-corrected chi connectivity index (χ4v) is 2.94. The van der Waals surface area contributed by atoms with Crippen molar-refractivity contribution >= 4 is 0 Å². The maximum atomic E-state index is 3.67. The first kappa shape index (κ1) is 16.0. The fraction of sp³-hybridized carbons (Fsp3) is 1.00. The molecule has 0 radical (unpaired) electrons. The molecule has 1 fully saturated rings. The van der Waals surface area contributed by atoms with Gasteiger partial charge in [-0.15, -0.1) is 0 Å². The summed E-state index contributed by atoms with van der Waals surface area (Å²) >= 11 is 0. The van der Waals surface area contributed by atoms with Gasteiger partial charge in [0.15, 0.2) is 0 Å². The average molecular weight is 253 g/mol. The van der Waals surface area contributed by atoms with E-state index >= 15 is 0 Å². The maximum absolute atomic E-state index is 3.67. The normalized spacial score (nSPS) is 17.0. The van der Waals surface area contributed by atoms with Crippen molar-refractivity contribution in [2.45, 2.75) is 96.9 Å². The Hall–Kier alpha value is -0.0400. The highest BCUT2D eigenvalue weighted by molar-refractivity contribution is 4.85. The minimum atomic E-state index is 0.847. The van der Waals surface area contributed by atoms with Crippen molar-refractivity contribution in [1.82, 2.24) is 5.32 Å². The Bertz CT molecular complexity index is 174. The predicted octanol–water partition coefficient (Wildman–Crippen LogP) is 5.30. The molecule has 1 rings (SSSR count). The highest BCUT2D eigenvalue weighted by Crippen LogP contribution is 2.34. The van der Waals surface area contributed by atoms with E-state index in [1.165, 1.54) is 77.0 Å². The zero-order valence-electron chi connectivity index (χ0n) is 12.8. The number of unbranched alkanes of at least 4 members (excludes halogenated alkanes) is 8. The molecule has 108 valence electrons. The molecule has 1 heteroatoms. The molecule has 0 aromatic heterocycles. The van der Waals surface area contributed by atoms with E-state index in [1.54, 1.807) is 0 Å². The fourth-order valence-electron chi connectivity index (χ4n) is 2.94. The lowest BCUT2D eigenvalue weighted by atomic mass is 10.0. The molecule has 18 heavy (non-hydrogen) atoms. The number of hydrogen-bond acceptors (Lipinski definition) is 1. The van der Waals surface area contributed by atoms with Gasteiger partial charge >= 0.3 is 0 Å². The van der Waals surface area contributed by atoms with Crippen molar-refractivity contribution in [3.8, 4) is 0 Å². The topological polar surface area (TPSA) is 12.0 Å². The summed E-state index contributed by atoms with van der Waals surface area (Å²) in [7, 11) is 0. The molecule has 1 nitrogen and oxygen atoms in total. The quantitative estimate of drug-likeness (QED) is 0.439.